The molecule has 0 unspecified atom stereocenters. The number of likely N-dealkylation sites (N-methyl/N-ethyl adjacent to an activating group) is 1. The molecular weight excluding hydrogens is 426 g/mol. The predicted octanol–water partition coefficient (Wildman–Crippen LogP) is 4.89. The summed E-state index contributed by atoms with van der Waals surface area (Å²) in [6.45, 7) is 5.24. The Morgan fingerprint density at radius 3 is 2.47 bits per heavy atom. The molecule has 0 N–H and O–H groups in total. The van der Waals surface area contributed by atoms with Gasteiger partial charge in [-0.15, -0.1) is 0 Å². The van der Waals surface area contributed by atoms with Gasteiger partial charge in [-0.1, -0.05) is 36.4 Å². The van der Waals surface area contributed by atoms with E-state index in [1.807, 2.05) is 36.4 Å². The van der Waals surface area contributed by atoms with Crippen LogP contribution in [0, 0.1) is 0 Å². The largest absolute Gasteiger partial charge is 0.497 e. The molecule has 0 aromatic heterocycles. The Hall–Kier alpha value is -3.51. The maximum absolute atomic E-state index is 12.9. The first-order valence-corrected chi connectivity index (χ1v) is 11.9. The minimum absolute atomic E-state index is 0.308. The lowest BCUT2D eigenvalue weighted by atomic mass is 9.99. The average molecular weight is 458 g/mol. The van der Waals surface area contributed by atoms with E-state index in [1.54, 1.807) is 12.0 Å². The van der Waals surface area contributed by atoms with Crippen molar-refractivity contribution >= 4 is 28.1 Å². The molecule has 1 amide bonds. The minimum Gasteiger partial charge on any atom is -0.497 e. The van der Waals surface area contributed by atoms with Crippen LogP contribution in [-0.4, -0.2) is 69.3 Å². The number of hydrogen-bond donors (Lipinski definition) is 0. The third-order valence-electron chi connectivity index (χ3n) is 6.79. The van der Waals surface area contributed by atoms with Crippen molar-refractivity contribution in [3.63, 3.8) is 0 Å². The van der Waals surface area contributed by atoms with Gasteiger partial charge >= 0.3 is 6.09 Å². The molecule has 0 aliphatic carbocycles. The van der Waals surface area contributed by atoms with Gasteiger partial charge in [0.25, 0.3) is 0 Å². The molecule has 0 radical (unpaired) electrons. The summed E-state index contributed by atoms with van der Waals surface area (Å²) >= 11 is 0. The van der Waals surface area contributed by atoms with Gasteiger partial charge in [-0.3, -0.25) is 0 Å². The fourth-order valence-electron chi connectivity index (χ4n) is 4.71. The van der Waals surface area contributed by atoms with E-state index >= 15 is 0 Å². The Balaban J connectivity index is 1.29. The fourth-order valence-corrected chi connectivity index (χ4v) is 4.71. The van der Waals surface area contributed by atoms with E-state index in [9.17, 15) is 4.79 Å². The molecule has 3 aromatic carbocycles. The highest BCUT2D eigenvalue weighted by molar-refractivity contribution is 5.95. The van der Waals surface area contributed by atoms with Crippen molar-refractivity contribution in [3.05, 3.63) is 72.3 Å². The summed E-state index contributed by atoms with van der Waals surface area (Å²) in [7, 11) is 3.83. The molecule has 0 bridgehead atoms. The molecule has 5 rings (SSSR count). The molecule has 2 aliphatic heterocycles. The normalized spacial score (nSPS) is 16.9. The summed E-state index contributed by atoms with van der Waals surface area (Å²) in [5, 5.41) is 2.27. The molecule has 0 atom stereocenters. The first-order chi connectivity index (χ1) is 16.6. The molecular formula is C28H31N3O3. The van der Waals surface area contributed by atoms with Crippen LogP contribution in [0.15, 0.2) is 66.7 Å². The van der Waals surface area contributed by atoms with Gasteiger partial charge in [0.15, 0.2) is 0 Å². The number of ether oxygens (including phenoxy) is 2. The van der Waals surface area contributed by atoms with Gasteiger partial charge in [-0.2, -0.15) is 0 Å². The number of fused-ring (bicyclic) bond motifs is 1. The van der Waals surface area contributed by atoms with Crippen LogP contribution in [0.2, 0.25) is 0 Å². The van der Waals surface area contributed by atoms with Crippen molar-refractivity contribution in [2.24, 2.45) is 0 Å². The molecule has 0 saturated carbocycles. The van der Waals surface area contributed by atoms with E-state index < -0.39 is 0 Å². The molecule has 1 fully saturated rings. The van der Waals surface area contributed by atoms with Crippen molar-refractivity contribution in [1.82, 2.24) is 9.80 Å². The first-order valence-electron chi connectivity index (χ1n) is 11.9. The highest BCUT2D eigenvalue weighted by Crippen LogP contribution is 2.31. The molecule has 6 nitrogen and oxygen atoms in total. The van der Waals surface area contributed by atoms with Crippen LogP contribution in [-0.2, 0) is 0 Å². The van der Waals surface area contributed by atoms with Crippen molar-refractivity contribution in [3.8, 4) is 11.5 Å². The van der Waals surface area contributed by atoms with E-state index in [-0.39, 0.29) is 6.09 Å². The van der Waals surface area contributed by atoms with Crippen LogP contribution in [0.3, 0.4) is 0 Å². The summed E-state index contributed by atoms with van der Waals surface area (Å²) in [5.41, 5.74) is 3.57. The fraction of sp³-hybridized carbons (Fsp3) is 0.321. The monoisotopic (exact) mass is 457 g/mol. The Morgan fingerprint density at radius 2 is 1.71 bits per heavy atom. The number of amides is 1. The number of anilines is 1. The molecule has 2 heterocycles. The van der Waals surface area contributed by atoms with Crippen LogP contribution in [0.25, 0.3) is 16.3 Å². The highest BCUT2D eigenvalue weighted by Gasteiger charge is 2.21. The Bertz CT molecular complexity index is 1210. The predicted molar refractivity (Wildman–Crippen MR) is 137 cm³/mol. The van der Waals surface area contributed by atoms with Crippen molar-refractivity contribution < 1.29 is 14.3 Å². The van der Waals surface area contributed by atoms with Crippen LogP contribution in [0.1, 0.15) is 12.0 Å². The highest BCUT2D eigenvalue weighted by atomic mass is 16.6. The van der Waals surface area contributed by atoms with Crippen LogP contribution >= 0.6 is 0 Å². The maximum Gasteiger partial charge on any atom is 0.415 e. The zero-order valence-corrected chi connectivity index (χ0v) is 19.9. The summed E-state index contributed by atoms with van der Waals surface area (Å²) in [5.74, 6) is 1.43. The van der Waals surface area contributed by atoms with Gasteiger partial charge in [-0.25, -0.2) is 4.79 Å². The third-order valence-corrected chi connectivity index (χ3v) is 6.79. The number of benzene rings is 3. The standard InChI is InChI=1S/C28H31N3O3/c1-29-15-17-30(18-16-29)27-8-4-5-22-9-10-25(20-26(22)27)34-28(32)31-13-11-21(12-14-31)23-6-3-7-24(19-23)33-2/h3-11,19-20H,12-18H2,1-2H3. The lowest BCUT2D eigenvalue weighted by Crippen LogP contribution is -2.44. The topological polar surface area (TPSA) is 45.2 Å². The smallest absolute Gasteiger partial charge is 0.415 e. The quantitative estimate of drug-likeness (QED) is 0.558. The minimum atomic E-state index is -0.308. The number of piperazine rings is 1. The van der Waals surface area contributed by atoms with Crippen LogP contribution in [0.5, 0.6) is 11.5 Å². The zero-order chi connectivity index (χ0) is 23.5. The maximum atomic E-state index is 12.9. The van der Waals surface area contributed by atoms with Gasteiger partial charge in [-0.05, 0) is 60.3 Å². The van der Waals surface area contributed by atoms with Gasteiger partial charge in [0.2, 0.25) is 0 Å². The molecule has 176 valence electrons. The van der Waals surface area contributed by atoms with E-state index in [0.717, 1.165) is 54.7 Å². The number of methoxy groups -OCH3 is 1. The summed E-state index contributed by atoms with van der Waals surface area (Å²) < 4.78 is 11.1. The molecule has 2 aliphatic rings. The molecule has 6 heteroatoms. The summed E-state index contributed by atoms with van der Waals surface area (Å²) in [4.78, 5) is 19.4. The second kappa shape index (κ2) is 9.77. The lowest BCUT2D eigenvalue weighted by molar-refractivity contribution is 0.157. The lowest BCUT2D eigenvalue weighted by Gasteiger charge is -2.34. The van der Waals surface area contributed by atoms with E-state index in [0.29, 0.717) is 18.8 Å². The Labute approximate surface area is 201 Å². The molecule has 1 saturated heterocycles. The van der Waals surface area contributed by atoms with Crippen molar-refractivity contribution in [2.75, 3.05) is 58.3 Å². The number of carbonyl (C=O) groups excluding carboxylic acids is 1. The van der Waals surface area contributed by atoms with Crippen molar-refractivity contribution in [2.45, 2.75) is 6.42 Å². The summed E-state index contributed by atoms with van der Waals surface area (Å²) in [6, 6.07) is 20.3. The molecule has 34 heavy (non-hydrogen) atoms. The zero-order valence-electron chi connectivity index (χ0n) is 19.9. The molecule has 0 spiro atoms. The van der Waals surface area contributed by atoms with Crippen LogP contribution < -0.4 is 14.4 Å². The summed E-state index contributed by atoms with van der Waals surface area (Å²) in [6.07, 6.45) is 2.58. The number of carbonyl (C=O) groups is 1. The van der Waals surface area contributed by atoms with Gasteiger partial charge in [0.1, 0.15) is 11.5 Å². The Morgan fingerprint density at radius 1 is 0.882 bits per heavy atom. The van der Waals surface area contributed by atoms with Gasteiger partial charge < -0.3 is 24.2 Å². The van der Waals surface area contributed by atoms with Crippen molar-refractivity contribution in [1.29, 1.82) is 0 Å². The first kappa shape index (κ1) is 22.3. The second-order valence-electron chi connectivity index (χ2n) is 8.98. The van der Waals surface area contributed by atoms with Crippen LogP contribution in [0.4, 0.5) is 10.5 Å². The second-order valence-corrected chi connectivity index (χ2v) is 8.98. The number of hydrogen-bond acceptors (Lipinski definition) is 5. The number of nitrogens with zero attached hydrogens (tertiary/aromatic N) is 3. The van der Waals surface area contributed by atoms with Gasteiger partial charge in [0.05, 0.1) is 7.11 Å². The van der Waals surface area contributed by atoms with Gasteiger partial charge in [0, 0.05) is 50.3 Å². The van der Waals surface area contributed by atoms with E-state index in [2.05, 4.69) is 47.2 Å². The molecule has 3 aromatic rings. The third kappa shape index (κ3) is 4.73. The van der Waals surface area contributed by atoms with E-state index in [4.69, 9.17) is 9.47 Å². The Kier molecular flexibility index (Phi) is 6.41. The van der Waals surface area contributed by atoms with E-state index in [1.165, 1.54) is 11.3 Å². The average Bonchev–Trinajstić information content (AvgIpc) is 2.89. The number of rotatable bonds is 4. The SMILES string of the molecule is COc1cccc(C2=CCN(C(=O)Oc3ccc4cccc(N5CCN(C)CC5)c4c3)CC2)c1.